The lowest BCUT2D eigenvalue weighted by Crippen LogP contribution is -2.25. The topological polar surface area (TPSA) is 85.9 Å². The molecule has 7 heteroatoms. The molecule has 0 fully saturated rings. The van der Waals surface area contributed by atoms with E-state index >= 15 is 0 Å². The Morgan fingerprint density at radius 2 is 1.27 bits per heavy atom. The molecule has 0 spiro atoms. The number of ether oxygens (including phenoxy) is 3. The number of hydrogen-bond acceptors (Lipinski definition) is 5. The van der Waals surface area contributed by atoms with E-state index in [0.29, 0.717) is 48.9 Å². The minimum Gasteiger partial charge on any atom is -0.490 e. The molecule has 172 valence electrons. The molecule has 0 bridgehead atoms. The molecular weight excluding hydrogens is 420 g/mol. The Morgan fingerprint density at radius 3 is 1.91 bits per heavy atom. The summed E-state index contributed by atoms with van der Waals surface area (Å²) >= 11 is 0. The molecule has 0 saturated carbocycles. The average molecular weight is 449 g/mol. The number of para-hydroxylation sites is 1. The molecule has 3 aromatic rings. The summed E-state index contributed by atoms with van der Waals surface area (Å²) in [6, 6.07) is 23.2. The minimum absolute atomic E-state index is 0.159. The molecule has 33 heavy (non-hydrogen) atoms. The van der Waals surface area contributed by atoms with Crippen LogP contribution < -0.4 is 20.1 Å². The molecule has 0 saturated heterocycles. The zero-order chi connectivity index (χ0) is 23.3. The number of hydrogen-bond donors (Lipinski definition) is 2. The number of carbonyl (C=O) groups excluding carboxylic acids is 2. The van der Waals surface area contributed by atoms with Crippen LogP contribution in [0, 0.1) is 0 Å². The van der Waals surface area contributed by atoms with Crippen molar-refractivity contribution in [3.05, 3.63) is 90.0 Å². The first-order valence-electron chi connectivity index (χ1n) is 10.7. The zero-order valence-corrected chi connectivity index (χ0v) is 18.6. The van der Waals surface area contributed by atoms with Gasteiger partial charge in [0.1, 0.15) is 24.7 Å². The number of methoxy groups -OCH3 is 1. The van der Waals surface area contributed by atoms with E-state index in [2.05, 4.69) is 10.6 Å². The van der Waals surface area contributed by atoms with Crippen molar-refractivity contribution in [1.29, 1.82) is 0 Å². The van der Waals surface area contributed by atoms with Crippen LogP contribution in [0.3, 0.4) is 0 Å². The van der Waals surface area contributed by atoms with Crippen LogP contribution in [0.15, 0.2) is 78.9 Å². The Morgan fingerprint density at radius 1 is 0.697 bits per heavy atom. The molecule has 0 heterocycles. The predicted octanol–water partition coefficient (Wildman–Crippen LogP) is 4.16. The molecule has 0 aliphatic heterocycles. The minimum atomic E-state index is -0.245. The molecule has 0 aliphatic rings. The lowest BCUT2D eigenvalue weighted by atomic mass is 10.1. The number of benzene rings is 3. The lowest BCUT2D eigenvalue weighted by molar-refractivity contribution is 0.0948. The summed E-state index contributed by atoms with van der Waals surface area (Å²) in [7, 11) is 1.63. The molecule has 0 radical (unpaired) electrons. The summed E-state index contributed by atoms with van der Waals surface area (Å²) in [5.41, 5.74) is 1.64. The summed E-state index contributed by atoms with van der Waals surface area (Å²) in [4.78, 5) is 24.6. The third kappa shape index (κ3) is 7.97. The molecular formula is C26H28N2O5. The first-order chi connectivity index (χ1) is 16.2. The maximum Gasteiger partial charge on any atom is 0.255 e. The lowest BCUT2D eigenvalue weighted by Gasteiger charge is -2.10. The van der Waals surface area contributed by atoms with Crippen molar-refractivity contribution in [2.45, 2.75) is 6.42 Å². The van der Waals surface area contributed by atoms with E-state index in [1.807, 2.05) is 30.3 Å². The first kappa shape index (κ1) is 23.8. The van der Waals surface area contributed by atoms with Crippen molar-refractivity contribution in [2.24, 2.45) is 0 Å². The number of amides is 2. The summed E-state index contributed by atoms with van der Waals surface area (Å²) in [6.07, 6.45) is 0.752. The van der Waals surface area contributed by atoms with Gasteiger partial charge in [0.25, 0.3) is 11.8 Å². The largest absolute Gasteiger partial charge is 0.490 e. The van der Waals surface area contributed by atoms with Gasteiger partial charge in [-0.05, 0) is 67.1 Å². The van der Waals surface area contributed by atoms with Crippen molar-refractivity contribution in [2.75, 3.05) is 38.8 Å². The summed E-state index contributed by atoms with van der Waals surface area (Å²) < 4.78 is 16.2. The zero-order valence-electron chi connectivity index (χ0n) is 18.6. The number of nitrogens with one attached hydrogen (secondary N) is 2. The average Bonchev–Trinajstić information content (AvgIpc) is 2.86. The normalized spacial score (nSPS) is 10.3. The van der Waals surface area contributed by atoms with Gasteiger partial charge in [0.2, 0.25) is 0 Å². The van der Waals surface area contributed by atoms with Gasteiger partial charge >= 0.3 is 0 Å². The Balaban J connectivity index is 1.42. The van der Waals surface area contributed by atoms with E-state index in [0.717, 1.165) is 12.2 Å². The second kappa shape index (κ2) is 12.9. The fourth-order valence-corrected chi connectivity index (χ4v) is 2.97. The van der Waals surface area contributed by atoms with E-state index in [-0.39, 0.29) is 11.8 Å². The highest BCUT2D eigenvalue weighted by Gasteiger charge is 2.08. The molecule has 0 atom stereocenters. The van der Waals surface area contributed by atoms with E-state index in [4.69, 9.17) is 14.2 Å². The highest BCUT2D eigenvalue weighted by molar-refractivity contribution is 6.04. The van der Waals surface area contributed by atoms with E-state index in [9.17, 15) is 9.59 Å². The maximum atomic E-state index is 12.5. The van der Waals surface area contributed by atoms with Crippen LogP contribution in [0.25, 0.3) is 0 Å². The second-order valence-electron chi connectivity index (χ2n) is 7.17. The predicted molar refractivity (Wildman–Crippen MR) is 127 cm³/mol. The SMILES string of the molecule is COCCCNC(=O)c1ccc(NC(=O)c2ccc(OCCOc3ccccc3)cc2)cc1. The maximum absolute atomic E-state index is 12.5. The molecule has 2 amide bonds. The Labute approximate surface area is 193 Å². The van der Waals surface area contributed by atoms with Gasteiger partial charge in [-0.3, -0.25) is 9.59 Å². The van der Waals surface area contributed by atoms with Gasteiger partial charge in [-0.15, -0.1) is 0 Å². The van der Waals surface area contributed by atoms with Crippen molar-refractivity contribution < 1.29 is 23.8 Å². The highest BCUT2D eigenvalue weighted by Crippen LogP contribution is 2.15. The number of anilines is 1. The molecule has 7 nitrogen and oxygen atoms in total. The molecule has 3 aromatic carbocycles. The van der Waals surface area contributed by atoms with Crippen LogP contribution in [-0.4, -0.2) is 45.3 Å². The quantitative estimate of drug-likeness (QED) is 0.406. The van der Waals surface area contributed by atoms with Gasteiger partial charge in [0.05, 0.1) is 0 Å². The van der Waals surface area contributed by atoms with E-state index in [1.165, 1.54) is 0 Å². The summed E-state index contributed by atoms with van der Waals surface area (Å²) in [5, 5.41) is 5.65. The second-order valence-corrected chi connectivity index (χ2v) is 7.17. The molecule has 0 aromatic heterocycles. The van der Waals surface area contributed by atoms with Crippen molar-refractivity contribution in [3.63, 3.8) is 0 Å². The van der Waals surface area contributed by atoms with Gasteiger partial charge in [0.15, 0.2) is 0 Å². The molecule has 0 unspecified atom stereocenters. The third-order valence-corrected chi connectivity index (χ3v) is 4.70. The number of rotatable bonds is 12. The fourth-order valence-electron chi connectivity index (χ4n) is 2.97. The standard InChI is InChI=1S/C26H28N2O5/c1-31-17-5-16-27-25(29)20-8-12-22(13-9-20)28-26(30)21-10-14-24(15-11-21)33-19-18-32-23-6-3-2-4-7-23/h2-4,6-15H,5,16-19H2,1H3,(H,27,29)(H,28,30). The van der Waals surface area contributed by atoms with Gasteiger partial charge in [-0.25, -0.2) is 0 Å². The Bertz CT molecular complexity index is 1010. The van der Waals surface area contributed by atoms with Crippen LogP contribution in [-0.2, 0) is 4.74 Å². The Kier molecular flexibility index (Phi) is 9.29. The van der Waals surface area contributed by atoms with Crippen molar-refractivity contribution >= 4 is 17.5 Å². The van der Waals surface area contributed by atoms with Crippen LogP contribution in [0.1, 0.15) is 27.1 Å². The van der Waals surface area contributed by atoms with Crippen LogP contribution in [0.5, 0.6) is 11.5 Å². The highest BCUT2D eigenvalue weighted by atomic mass is 16.5. The monoisotopic (exact) mass is 448 g/mol. The third-order valence-electron chi connectivity index (χ3n) is 4.70. The number of carbonyl (C=O) groups is 2. The fraction of sp³-hybridized carbons (Fsp3) is 0.231. The molecule has 2 N–H and O–H groups in total. The van der Waals surface area contributed by atoms with E-state index < -0.39 is 0 Å². The first-order valence-corrected chi connectivity index (χ1v) is 10.7. The van der Waals surface area contributed by atoms with Crippen LogP contribution in [0.4, 0.5) is 5.69 Å². The van der Waals surface area contributed by atoms with Crippen LogP contribution in [0.2, 0.25) is 0 Å². The smallest absolute Gasteiger partial charge is 0.255 e. The van der Waals surface area contributed by atoms with Crippen LogP contribution >= 0.6 is 0 Å². The summed E-state index contributed by atoms with van der Waals surface area (Å²) in [6.45, 7) is 1.96. The summed E-state index contributed by atoms with van der Waals surface area (Å²) in [5.74, 6) is 1.05. The van der Waals surface area contributed by atoms with Gasteiger partial charge in [0, 0.05) is 37.1 Å². The van der Waals surface area contributed by atoms with Crippen molar-refractivity contribution in [1.82, 2.24) is 5.32 Å². The van der Waals surface area contributed by atoms with Crippen molar-refractivity contribution in [3.8, 4) is 11.5 Å². The van der Waals surface area contributed by atoms with Gasteiger partial charge < -0.3 is 24.8 Å². The van der Waals surface area contributed by atoms with Gasteiger partial charge in [-0.2, -0.15) is 0 Å². The molecule has 3 rings (SSSR count). The molecule has 0 aliphatic carbocycles. The Hall–Kier alpha value is -3.84. The van der Waals surface area contributed by atoms with Gasteiger partial charge in [-0.1, -0.05) is 18.2 Å². The van der Waals surface area contributed by atoms with E-state index in [1.54, 1.807) is 55.6 Å².